The van der Waals surface area contributed by atoms with Gasteiger partial charge in [0.15, 0.2) is 52.0 Å². The van der Waals surface area contributed by atoms with Crippen LogP contribution >= 0.6 is 0 Å². The van der Waals surface area contributed by atoms with Crippen LogP contribution in [-0.2, 0) is 9.47 Å². The Labute approximate surface area is 424 Å². The van der Waals surface area contributed by atoms with Gasteiger partial charge in [0.25, 0.3) is 0 Å². The molecule has 384 valence electrons. The molecular formula is C59H70O13. The van der Waals surface area contributed by atoms with Crippen molar-refractivity contribution in [2.75, 3.05) is 55.9 Å². The number of Topliss-reactive ketones (excluding diaryl/α,β-unsaturated/α-hetero) is 7. The smallest absolute Gasteiger partial charge is 0.160 e. The number of fused-ring (bicyclic) bond motifs is 1. The number of para-hydroxylation sites is 2. The van der Waals surface area contributed by atoms with Crippen molar-refractivity contribution >= 4 is 51.3 Å². The van der Waals surface area contributed by atoms with Gasteiger partial charge in [0.2, 0.25) is 0 Å². The molecule has 0 saturated heterocycles. The van der Waals surface area contributed by atoms with Crippen LogP contribution in [0.1, 0.15) is 134 Å². The van der Waals surface area contributed by atoms with Gasteiger partial charge in [0.05, 0.1) is 28.4 Å². The molecule has 0 bridgehead atoms. The minimum absolute atomic E-state index is 0.0186. The van der Waals surface area contributed by atoms with Crippen LogP contribution in [0.25, 0.3) is 10.8 Å². The predicted octanol–water partition coefficient (Wildman–Crippen LogP) is 12.3. The van der Waals surface area contributed by atoms with Crippen molar-refractivity contribution in [1.29, 1.82) is 0 Å². The van der Waals surface area contributed by atoms with Crippen LogP contribution in [0.15, 0.2) is 127 Å². The van der Waals surface area contributed by atoms with Crippen LogP contribution in [0.4, 0.5) is 0 Å². The highest BCUT2D eigenvalue weighted by Crippen LogP contribution is 2.25. The van der Waals surface area contributed by atoms with E-state index in [-0.39, 0.29) is 40.5 Å². The second kappa shape index (κ2) is 33.8. The van der Waals surface area contributed by atoms with Crippen molar-refractivity contribution in [2.24, 2.45) is 5.92 Å². The zero-order valence-electron chi connectivity index (χ0n) is 44.1. The summed E-state index contributed by atoms with van der Waals surface area (Å²) in [6, 6.07) is 37.3. The maximum absolute atomic E-state index is 11.2. The first-order chi connectivity index (χ1) is 34.2. The molecule has 0 spiro atoms. The summed E-state index contributed by atoms with van der Waals surface area (Å²) in [5, 5.41) is 2.14. The Kier molecular flexibility index (Phi) is 29.3. The Morgan fingerprint density at radius 1 is 0.361 bits per heavy atom. The molecule has 13 heteroatoms. The maximum atomic E-state index is 11.2. The first-order valence-electron chi connectivity index (χ1n) is 22.8. The molecule has 0 N–H and O–H groups in total. The third-order valence-electron chi connectivity index (χ3n) is 10.4. The highest BCUT2D eigenvalue weighted by Gasteiger charge is 2.10. The summed E-state index contributed by atoms with van der Waals surface area (Å²) in [4.78, 5) is 77.2. The van der Waals surface area contributed by atoms with Crippen molar-refractivity contribution < 1.29 is 62.0 Å². The van der Waals surface area contributed by atoms with Crippen LogP contribution in [-0.4, -0.2) is 96.4 Å². The highest BCUT2D eigenvalue weighted by atomic mass is 16.5. The van der Waals surface area contributed by atoms with E-state index in [0.717, 1.165) is 59.0 Å². The van der Waals surface area contributed by atoms with Gasteiger partial charge in [-0.05, 0) is 144 Å². The summed E-state index contributed by atoms with van der Waals surface area (Å²) in [5.41, 5.74) is 3.92. The monoisotopic (exact) mass is 986 g/mol. The summed E-state index contributed by atoms with van der Waals surface area (Å²) < 4.78 is 29.9. The molecule has 6 rings (SSSR count). The molecule has 6 aromatic carbocycles. The topological polar surface area (TPSA) is 175 Å². The van der Waals surface area contributed by atoms with Crippen molar-refractivity contribution in [3.63, 3.8) is 0 Å². The largest absolute Gasteiger partial charge is 0.497 e. The van der Waals surface area contributed by atoms with Crippen LogP contribution in [0.3, 0.4) is 0 Å². The van der Waals surface area contributed by atoms with E-state index in [1.807, 2.05) is 60.7 Å². The molecule has 0 fully saturated rings. The number of hydrogen-bond donors (Lipinski definition) is 0. The first-order valence-corrected chi connectivity index (χ1v) is 22.8. The maximum Gasteiger partial charge on any atom is 0.160 e. The molecule has 13 nitrogen and oxygen atoms in total. The van der Waals surface area contributed by atoms with Crippen molar-refractivity contribution in [1.82, 2.24) is 0 Å². The zero-order valence-corrected chi connectivity index (χ0v) is 44.1. The average Bonchev–Trinajstić information content (AvgIpc) is 3.38. The lowest BCUT2D eigenvalue weighted by Crippen LogP contribution is -2.06. The first kappa shape index (κ1) is 62.4. The molecule has 72 heavy (non-hydrogen) atoms. The Bertz CT molecular complexity index is 2550. The molecule has 0 aromatic heterocycles. The zero-order chi connectivity index (χ0) is 54.3. The summed E-state index contributed by atoms with van der Waals surface area (Å²) in [6.07, 6.45) is 1.09. The van der Waals surface area contributed by atoms with E-state index in [9.17, 15) is 33.6 Å². The molecule has 0 aliphatic heterocycles. The molecule has 0 aliphatic rings. The summed E-state index contributed by atoms with van der Waals surface area (Å²) in [7, 11) is 9.94. The van der Waals surface area contributed by atoms with Gasteiger partial charge in [-0.15, -0.1) is 0 Å². The fraction of sp³-hybridized carbons (Fsp3) is 0.305. The third-order valence-corrected chi connectivity index (χ3v) is 10.4. The molecule has 1 atom stereocenters. The number of carbonyl (C=O) groups excluding carboxylic acids is 7. The predicted molar refractivity (Wildman–Crippen MR) is 283 cm³/mol. The minimum atomic E-state index is -0.152. The number of methoxy groups -OCH3 is 6. The lowest BCUT2D eigenvalue weighted by molar-refractivity contribution is 0.0996. The molecule has 1 unspecified atom stereocenters. The van der Waals surface area contributed by atoms with Gasteiger partial charge in [0, 0.05) is 66.4 Å². The summed E-state index contributed by atoms with van der Waals surface area (Å²) in [6.45, 7) is 14.2. The van der Waals surface area contributed by atoms with Gasteiger partial charge < -0.3 is 28.4 Å². The molecule has 0 amide bonds. The number of rotatable bonds is 16. The Morgan fingerprint density at radius 2 is 0.694 bits per heavy atom. The standard InChI is InChI=1S/C13H12O2.C12H12O3.C10H10O2.C9H10O2.C8H10O2.C7H16O2/c1-9(14)10-3-4-12-8-13(15-2)6-5-11(12)7-10;1-7(13)10-4-11(8(2)14)6-12(5-10)9(3)15;1-7(11)9-3-5-10(6-4-9)8(2)12;1-7(10)8-3-5-9(11-2)6-4-8;1-9-7-5-3-4-6-8(7)10-2;1-7(6-9-3)4-5-8-2/h3-8H,1-2H3;4-6H,1-3H3;3-6H,1-2H3;3-6H,1-2H3;3-6H,1-2H3;7H,4-6H2,1-3H3. The fourth-order valence-corrected chi connectivity index (χ4v) is 6.05. The lowest BCUT2D eigenvalue weighted by Gasteiger charge is -2.07. The van der Waals surface area contributed by atoms with Gasteiger partial charge in [-0.25, -0.2) is 0 Å². The van der Waals surface area contributed by atoms with Gasteiger partial charge in [-0.3, -0.25) is 33.6 Å². The highest BCUT2D eigenvalue weighted by molar-refractivity contribution is 6.04. The SMILES string of the molecule is CC(=O)c1cc(C(C)=O)cc(C(C)=O)c1.CC(=O)c1ccc(C(C)=O)cc1.COCCC(C)COC.COc1ccc(C(C)=O)cc1.COc1ccc2cc(C(C)=O)ccc2c1.COc1ccccc1OC. The normalized spacial score (nSPS) is 10.1. The Morgan fingerprint density at radius 3 is 1.03 bits per heavy atom. The molecule has 0 aliphatic carbocycles. The van der Waals surface area contributed by atoms with Gasteiger partial charge in [-0.2, -0.15) is 0 Å². The third kappa shape index (κ3) is 23.3. The molecule has 0 saturated carbocycles. The average molecular weight is 987 g/mol. The number of benzene rings is 6. The van der Waals surface area contributed by atoms with E-state index in [2.05, 4.69) is 6.92 Å². The molecule has 0 heterocycles. The van der Waals surface area contributed by atoms with Gasteiger partial charge in [-0.1, -0.05) is 61.5 Å². The number of hydrogen-bond acceptors (Lipinski definition) is 13. The number of carbonyl (C=O) groups is 7. The van der Waals surface area contributed by atoms with E-state index in [1.165, 1.54) is 52.8 Å². The second-order valence-electron chi connectivity index (χ2n) is 16.1. The van der Waals surface area contributed by atoms with Crippen molar-refractivity contribution in [3.05, 3.63) is 166 Å². The van der Waals surface area contributed by atoms with Crippen LogP contribution in [0.2, 0.25) is 0 Å². The molecule has 0 radical (unpaired) electrons. The summed E-state index contributed by atoms with van der Waals surface area (Å²) >= 11 is 0. The number of ether oxygens (including phenoxy) is 6. The van der Waals surface area contributed by atoms with Gasteiger partial charge >= 0.3 is 0 Å². The minimum Gasteiger partial charge on any atom is -0.497 e. The molecule has 6 aromatic rings. The van der Waals surface area contributed by atoms with E-state index in [4.69, 9.17) is 28.4 Å². The van der Waals surface area contributed by atoms with E-state index in [1.54, 1.807) is 105 Å². The number of ketones is 7. The Balaban J connectivity index is 0.000000436. The van der Waals surface area contributed by atoms with Crippen LogP contribution < -0.4 is 18.9 Å². The van der Waals surface area contributed by atoms with Crippen LogP contribution in [0.5, 0.6) is 23.0 Å². The summed E-state index contributed by atoms with van der Waals surface area (Å²) in [5.74, 6) is 3.51. The van der Waals surface area contributed by atoms with Crippen molar-refractivity contribution in [3.8, 4) is 23.0 Å². The lowest BCUT2D eigenvalue weighted by atomic mass is 10.00. The molecular weight excluding hydrogens is 917 g/mol. The van der Waals surface area contributed by atoms with E-state index >= 15 is 0 Å². The van der Waals surface area contributed by atoms with E-state index < -0.39 is 0 Å². The van der Waals surface area contributed by atoms with E-state index in [0.29, 0.717) is 39.3 Å². The van der Waals surface area contributed by atoms with Gasteiger partial charge in [0.1, 0.15) is 11.5 Å². The fourth-order valence-electron chi connectivity index (χ4n) is 6.05. The Hall–Kier alpha value is -7.61. The van der Waals surface area contributed by atoms with Crippen LogP contribution in [0, 0.1) is 5.92 Å². The quantitative estimate of drug-likeness (QED) is 0.0838. The second-order valence-corrected chi connectivity index (χ2v) is 16.1. The van der Waals surface area contributed by atoms with Crippen molar-refractivity contribution in [2.45, 2.75) is 61.8 Å².